The third-order valence-electron chi connectivity index (χ3n) is 2.44. The Bertz CT molecular complexity index is 609. The van der Waals surface area contributed by atoms with Gasteiger partial charge in [0.1, 0.15) is 0 Å². The first-order valence-electron chi connectivity index (χ1n) is 5.25. The van der Waals surface area contributed by atoms with Crippen LogP contribution in [-0.4, -0.2) is 36.2 Å². The third-order valence-corrected chi connectivity index (χ3v) is 2.44. The van der Waals surface area contributed by atoms with Crippen LogP contribution in [-0.2, 0) is 0 Å². The van der Waals surface area contributed by atoms with E-state index in [1.54, 1.807) is 0 Å². The summed E-state index contributed by atoms with van der Waals surface area (Å²) in [5.41, 5.74) is 0. The summed E-state index contributed by atoms with van der Waals surface area (Å²) in [5.74, 6) is -2.15. The zero-order valence-corrected chi connectivity index (χ0v) is 9.36. The second kappa shape index (κ2) is 4.30. The molecule has 96 valence electrons. The molecule has 0 saturated carbocycles. The first-order valence-corrected chi connectivity index (χ1v) is 5.25. The largest absolute Gasteiger partial charge is 0.569 e. The number of hydrogen-bond donors (Lipinski definition) is 0. The van der Waals surface area contributed by atoms with E-state index < -0.39 is 25.0 Å². The normalized spacial score (nSPS) is 10.9. The van der Waals surface area contributed by atoms with Gasteiger partial charge in [0.25, 0.3) is 0 Å². The molecule has 0 N–H and O–H groups in total. The van der Waals surface area contributed by atoms with Crippen molar-refractivity contribution < 1.29 is 13.2 Å². The number of halogens is 3. The fourth-order valence-electron chi connectivity index (χ4n) is 1.69. The predicted molar refractivity (Wildman–Crippen MR) is 58.5 cm³/mol. The van der Waals surface area contributed by atoms with Gasteiger partial charge < -0.3 is 0 Å². The van der Waals surface area contributed by atoms with E-state index in [0.29, 0.717) is 0 Å². The summed E-state index contributed by atoms with van der Waals surface area (Å²) in [6, 6.07) is 3.35. The molecule has 0 radical (unpaired) electrons. The van der Waals surface area contributed by atoms with Crippen LogP contribution < -0.4 is 0 Å². The zero-order valence-electron chi connectivity index (χ0n) is 9.36. The van der Waals surface area contributed by atoms with Crippen LogP contribution >= 0.6 is 0 Å². The maximum atomic E-state index is 13.0. The van der Waals surface area contributed by atoms with E-state index in [0.717, 1.165) is 32.0 Å². The fourth-order valence-corrected chi connectivity index (χ4v) is 1.69. The van der Waals surface area contributed by atoms with Crippen LogP contribution in [0.4, 0.5) is 13.2 Å². The van der Waals surface area contributed by atoms with Gasteiger partial charge in [-0.1, -0.05) is 0 Å². The molecule has 0 atom stereocenters. The van der Waals surface area contributed by atoms with Crippen LogP contribution in [0.5, 0.6) is 0 Å². The SMILES string of the molecule is Fc1ccn(B(n2ccc(F)n2)n2ccc(F)n2)n1. The Hall–Kier alpha value is -2.52. The van der Waals surface area contributed by atoms with Gasteiger partial charge in [0.05, 0.1) is 0 Å². The van der Waals surface area contributed by atoms with Crippen molar-refractivity contribution >= 4 is 7.12 Å². The Balaban J connectivity index is 2.10. The van der Waals surface area contributed by atoms with E-state index >= 15 is 0 Å². The lowest BCUT2D eigenvalue weighted by Crippen LogP contribution is -2.43. The van der Waals surface area contributed by atoms with Gasteiger partial charge in [-0.3, -0.25) is 13.8 Å². The number of hydrogen-bond acceptors (Lipinski definition) is 3. The predicted octanol–water partition coefficient (Wildman–Crippen LogP) is 0.623. The molecular weight excluding hydrogens is 260 g/mol. The summed E-state index contributed by atoms with van der Waals surface area (Å²) in [4.78, 5) is 0. The van der Waals surface area contributed by atoms with Gasteiger partial charge in [0.15, 0.2) is 0 Å². The summed E-state index contributed by atoms with van der Waals surface area (Å²) in [6.45, 7) is 0. The van der Waals surface area contributed by atoms with Gasteiger partial charge in [-0.15, -0.1) is 0 Å². The van der Waals surface area contributed by atoms with Crippen molar-refractivity contribution in [2.75, 3.05) is 0 Å². The Labute approximate surface area is 105 Å². The fraction of sp³-hybridized carbons (Fsp3) is 0. The van der Waals surface area contributed by atoms with E-state index in [-0.39, 0.29) is 0 Å². The van der Waals surface area contributed by atoms with Crippen molar-refractivity contribution in [3.8, 4) is 0 Å². The zero-order chi connectivity index (χ0) is 13.4. The molecular formula is C9H6BF3N6. The molecule has 0 aliphatic carbocycles. The molecule has 0 aromatic carbocycles. The van der Waals surface area contributed by atoms with Crippen LogP contribution in [0, 0.1) is 17.8 Å². The topological polar surface area (TPSA) is 53.5 Å². The maximum Gasteiger partial charge on any atom is 0.569 e. The van der Waals surface area contributed by atoms with Crippen LogP contribution in [0.25, 0.3) is 0 Å². The minimum Gasteiger partial charge on any atom is -0.266 e. The summed E-state index contributed by atoms with van der Waals surface area (Å²) in [5, 5.41) is 10.7. The molecule has 0 unspecified atom stereocenters. The molecule has 3 aromatic heterocycles. The lowest BCUT2D eigenvalue weighted by molar-refractivity contribution is 0.550. The number of aromatic nitrogens is 6. The average molecular weight is 266 g/mol. The molecule has 0 aliphatic rings. The van der Waals surface area contributed by atoms with Crippen LogP contribution in [0.3, 0.4) is 0 Å². The molecule has 0 bridgehead atoms. The first kappa shape index (κ1) is 11.6. The van der Waals surface area contributed by atoms with E-state index in [1.165, 1.54) is 18.6 Å². The van der Waals surface area contributed by atoms with Gasteiger partial charge in [0, 0.05) is 36.8 Å². The van der Waals surface area contributed by atoms with Crippen molar-refractivity contribution in [1.29, 1.82) is 0 Å². The molecule has 3 aromatic rings. The van der Waals surface area contributed by atoms with Crippen LogP contribution in [0.2, 0.25) is 0 Å². The lowest BCUT2D eigenvalue weighted by Gasteiger charge is -2.12. The molecule has 0 spiro atoms. The smallest absolute Gasteiger partial charge is 0.266 e. The highest BCUT2D eigenvalue weighted by atomic mass is 19.1. The lowest BCUT2D eigenvalue weighted by atomic mass is 9.96. The average Bonchev–Trinajstić information content (AvgIpc) is 3.05. The van der Waals surface area contributed by atoms with Crippen molar-refractivity contribution in [1.82, 2.24) is 29.1 Å². The van der Waals surface area contributed by atoms with E-state index in [2.05, 4.69) is 15.3 Å². The van der Waals surface area contributed by atoms with Crippen LogP contribution in [0.15, 0.2) is 36.8 Å². The molecule has 3 rings (SSSR count). The van der Waals surface area contributed by atoms with E-state index in [9.17, 15) is 13.2 Å². The standard InChI is InChI=1S/C9H6BF3N6/c11-7-1-4-17(14-7)10(18-5-2-8(12)15-18)19-6-3-9(13)16-19/h1-6H. The monoisotopic (exact) mass is 266 g/mol. The van der Waals surface area contributed by atoms with E-state index in [4.69, 9.17) is 0 Å². The Morgan fingerprint density at radius 1 is 0.684 bits per heavy atom. The van der Waals surface area contributed by atoms with E-state index in [1.807, 2.05) is 0 Å². The van der Waals surface area contributed by atoms with Crippen molar-refractivity contribution in [2.45, 2.75) is 0 Å². The van der Waals surface area contributed by atoms with Gasteiger partial charge in [-0.05, 0) is 0 Å². The second-order valence-corrected chi connectivity index (χ2v) is 3.70. The molecule has 0 fully saturated rings. The molecule has 6 nitrogen and oxygen atoms in total. The molecule has 0 aliphatic heterocycles. The minimum atomic E-state index is -0.932. The van der Waals surface area contributed by atoms with Crippen molar-refractivity contribution in [2.24, 2.45) is 0 Å². The minimum absolute atomic E-state index is 0.717. The quantitative estimate of drug-likeness (QED) is 0.653. The van der Waals surface area contributed by atoms with Gasteiger partial charge >= 0.3 is 7.12 Å². The molecule has 3 heterocycles. The summed E-state index contributed by atoms with van der Waals surface area (Å²) in [6.07, 6.45) is 3.96. The highest BCUT2D eigenvalue weighted by molar-refractivity contribution is 6.52. The highest BCUT2D eigenvalue weighted by Gasteiger charge is 2.28. The van der Waals surface area contributed by atoms with Crippen LogP contribution in [0.1, 0.15) is 0 Å². The highest BCUT2D eigenvalue weighted by Crippen LogP contribution is 2.03. The summed E-state index contributed by atoms with van der Waals surface area (Å²) < 4.78 is 42.4. The molecule has 0 amide bonds. The van der Waals surface area contributed by atoms with Gasteiger partial charge in [0.2, 0.25) is 17.8 Å². The summed E-state index contributed by atoms with van der Waals surface area (Å²) in [7, 11) is -0.932. The first-order chi connectivity index (χ1) is 9.13. The second-order valence-electron chi connectivity index (χ2n) is 3.70. The summed E-state index contributed by atoms with van der Waals surface area (Å²) >= 11 is 0. The number of rotatable bonds is 3. The maximum absolute atomic E-state index is 13.0. The van der Waals surface area contributed by atoms with Crippen molar-refractivity contribution in [3.05, 3.63) is 54.6 Å². The van der Waals surface area contributed by atoms with Crippen molar-refractivity contribution in [3.63, 3.8) is 0 Å². The Morgan fingerprint density at radius 2 is 1.00 bits per heavy atom. The number of nitrogens with zero attached hydrogens (tertiary/aromatic N) is 6. The molecule has 10 heteroatoms. The Kier molecular flexibility index (Phi) is 2.62. The van der Waals surface area contributed by atoms with Gasteiger partial charge in [-0.2, -0.15) is 28.5 Å². The molecule has 0 saturated heterocycles. The third kappa shape index (κ3) is 2.12. The Morgan fingerprint density at radius 3 is 1.21 bits per heavy atom. The molecule has 19 heavy (non-hydrogen) atoms. The van der Waals surface area contributed by atoms with Gasteiger partial charge in [-0.25, -0.2) is 0 Å².